The van der Waals surface area contributed by atoms with E-state index in [-0.39, 0.29) is 73.4 Å². The summed E-state index contributed by atoms with van der Waals surface area (Å²) in [6.45, 7) is 6.54. The number of thiophene rings is 1. The van der Waals surface area contributed by atoms with Gasteiger partial charge in [-0.15, -0.1) is 11.3 Å². The summed E-state index contributed by atoms with van der Waals surface area (Å²) in [5.74, 6) is -1.97. The Balaban J connectivity index is 1.40. The number of nitrogens with one attached hydrogen (secondary N) is 1. The summed E-state index contributed by atoms with van der Waals surface area (Å²) in [6.07, 6.45) is -0.249. The van der Waals surface area contributed by atoms with E-state index >= 15 is 4.39 Å². The first-order valence-electron chi connectivity index (χ1n) is 16.1. The van der Waals surface area contributed by atoms with Crippen LogP contribution in [0.1, 0.15) is 38.7 Å². The fraction of sp³-hybridized carbons (Fsp3) is 0.515. The number of pyridine rings is 1. The summed E-state index contributed by atoms with van der Waals surface area (Å²) < 4.78 is 72.4. The van der Waals surface area contributed by atoms with E-state index in [1.165, 1.54) is 19.2 Å². The van der Waals surface area contributed by atoms with Crippen LogP contribution in [-0.2, 0) is 0 Å². The summed E-state index contributed by atoms with van der Waals surface area (Å²) in [6, 6.07) is 4.78. The second kappa shape index (κ2) is 12.5. The fourth-order valence-electron chi connectivity index (χ4n) is 7.65. The largest absolute Gasteiger partial charge is 0.480 e. The molecule has 1 aromatic carbocycles. The van der Waals surface area contributed by atoms with Gasteiger partial charge in [0.2, 0.25) is 12.3 Å². The molecule has 4 aromatic rings. The average Bonchev–Trinajstić information content (AvgIpc) is 3.61. The van der Waals surface area contributed by atoms with Crippen LogP contribution in [0.4, 0.5) is 28.4 Å². The smallest absolute Gasteiger partial charge is 0.319 e. The number of nitrogen functional groups attached to an aromatic ring is 1. The molecular weight excluding hydrogens is 648 g/mol. The highest BCUT2D eigenvalue weighted by Gasteiger charge is 2.45. The van der Waals surface area contributed by atoms with Crippen molar-refractivity contribution < 1.29 is 27.0 Å². The Morgan fingerprint density at radius 3 is 2.56 bits per heavy atom. The number of nitrogens with zero attached hydrogens (tertiary/aromatic N) is 6. The lowest BCUT2D eigenvalue weighted by Gasteiger charge is -2.45. The number of likely N-dealkylation sites (tertiary alicyclic amines) is 1. The molecule has 48 heavy (non-hydrogen) atoms. The maximum Gasteiger partial charge on any atom is 0.319 e. The number of piperidine rings is 1. The van der Waals surface area contributed by atoms with Gasteiger partial charge in [0.25, 0.3) is 0 Å². The third-order valence-corrected chi connectivity index (χ3v) is 11.2. The first-order valence-corrected chi connectivity index (χ1v) is 16.9. The molecule has 4 atom stereocenters. The summed E-state index contributed by atoms with van der Waals surface area (Å²) in [7, 11) is 1.40. The van der Waals surface area contributed by atoms with E-state index in [1.54, 1.807) is 6.92 Å². The Bertz CT molecular complexity index is 1920. The van der Waals surface area contributed by atoms with Gasteiger partial charge in [-0.25, -0.2) is 22.5 Å². The zero-order valence-corrected chi connectivity index (χ0v) is 27.6. The van der Waals surface area contributed by atoms with E-state index in [0.717, 1.165) is 24.2 Å². The van der Waals surface area contributed by atoms with Gasteiger partial charge in [-0.3, -0.25) is 0 Å². The standard InChI is InChI=1S/C33H36F4N8O2S/c1-4-44-10-9-20(28(36)37)33(2,14-44)15-47-32-42-26-23(30(43-32)45-12-16-5-6-17(13-45)40-16)31(46-3)41-25(24(26)35)18-7-8-21(34)27-22(18)19(11-38)29(39)48-27/h7-8,16-17,20,28,40H,4-6,9-10,12-15,39H2,1-3H3/t16-,17+,20-,33+/m1/s1. The van der Waals surface area contributed by atoms with Crippen molar-refractivity contribution in [2.45, 2.75) is 51.6 Å². The third kappa shape index (κ3) is 5.43. The minimum atomic E-state index is -2.53. The Morgan fingerprint density at radius 2 is 1.90 bits per heavy atom. The molecule has 254 valence electrons. The van der Waals surface area contributed by atoms with Crippen LogP contribution < -0.4 is 25.4 Å². The topological polar surface area (TPSA) is 125 Å². The first kappa shape index (κ1) is 32.5. The van der Waals surface area contributed by atoms with Gasteiger partial charge in [-0.1, -0.05) is 13.8 Å². The first-order chi connectivity index (χ1) is 23.0. The van der Waals surface area contributed by atoms with Gasteiger partial charge >= 0.3 is 6.01 Å². The number of nitriles is 1. The van der Waals surface area contributed by atoms with Crippen LogP contribution >= 0.6 is 11.3 Å². The maximum absolute atomic E-state index is 17.0. The highest BCUT2D eigenvalue weighted by atomic mass is 32.1. The number of piperazine rings is 1. The van der Waals surface area contributed by atoms with Crippen molar-refractivity contribution >= 4 is 43.1 Å². The molecule has 0 saturated carbocycles. The van der Waals surface area contributed by atoms with Crippen molar-refractivity contribution in [1.29, 1.82) is 5.26 Å². The summed E-state index contributed by atoms with van der Waals surface area (Å²) >= 11 is 0.895. The lowest BCUT2D eigenvalue weighted by atomic mass is 9.73. The maximum atomic E-state index is 17.0. The Hall–Kier alpha value is -4.00. The number of ether oxygens (including phenoxy) is 2. The molecular formula is C33H36F4N8O2S. The molecule has 15 heteroatoms. The van der Waals surface area contributed by atoms with E-state index < -0.39 is 29.4 Å². The minimum Gasteiger partial charge on any atom is -0.480 e. The molecule has 0 radical (unpaired) electrons. The molecule has 6 heterocycles. The zero-order valence-electron chi connectivity index (χ0n) is 26.8. The predicted molar refractivity (Wildman–Crippen MR) is 176 cm³/mol. The van der Waals surface area contributed by atoms with Gasteiger partial charge in [0.05, 0.1) is 24.0 Å². The summed E-state index contributed by atoms with van der Waals surface area (Å²) in [5.41, 5.74) is 4.93. The molecule has 0 spiro atoms. The number of nitrogens with two attached hydrogens (primary N) is 1. The molecule has 3 aliphatic heterocycles. The highest BCUT2D eigenvalue weighted by Crippen LogP contribution is 2.45. The highest BCUT2D eigenvalue weighted by molar-refractivity contribution is 7.23. The number of benzene rings is 1. The number of alkyl halides is 2. The van der Waals surface area contributed by atoms with E-state index in [4.69, 9.17) is 20.2 Å². The molecule has 3 aromatic heterocycles. The predicted octanol–water partition coefficient (Wildman–Crippen LogP) is 5.58. The Kier molecular flexibility index (Phi) is 8.45. The van der Waals surface area contributed by atoms with Crippen molar-refractivity contribution in [2.75, 3.05) is 57.1 Å². The van der Waals surface area contributed by atoms with Crippen LogP contribution in [0.15, 0.2) is 12.1 Å². The molecule has 0 aliphatic carbocycles. The van der Waals surface area contributed by atoms with Crippen LogP contribution in [-0.4, -0.2) is 84.8 Å². The van der Waals surface area contributed by atoms with Gasteiger partial charge < -0.3 is 30.3 Å². The van der Waals surface area contributed by atoms with Crippen molar-refractivity contribution in [3.05, 3.63) is 29.3 Å². The van der Waals surface area contributed by atoms with Crippen LogP contribution in [0.25, 0.3) is 32.2 Å². The number of rotatable bonds is 8. The number of methoxy groups -OCH3 is 1. The number of fused-ring (bicyclic) bond motifs is 4. The van der Waals surface area contributed by atoms with Gasteiger partial charge in [0.1, 0.15) is 39.3 Å². The molecule has 3 saturated heterocycles. The minimum absolute atomic E-state index is 0.0175. The van der Waals surface area contributed by atoms with Crippen LogP contribution in [0.5, 0.6) is 11.9 Å². The molecule has 3 N–H and O–H groups in total. The third-order valence-electron chi connectivity index (χ3n) is 10.1. The van der Waals surface area contributed by atoms with Gasteiger partial charge in [0.15, 0.2) is 5.82 Å². The Labute approximate surface area is 278 Å². The second-order valence-corrected chi connectivity index (χ2v) is 14.2. The average molecular weight is 685 g/mol. The Morgan fingerprint density at radius 1 is 1.15 bits per heavy atom. The van der Waals surface area contributed by atoms with Crippen LogP contribution in [0.3, 0.4) is 0 Å². The number of anilines is 2. The van der Waals surface area contributed by atoms with E-state index in [9.17, 15) is 18.4 Å². The zero-order chi connectivity index (χ0) is 33.9. The van der Waals surface area contributed by atoms with Crippen molar-refractivity contribution in [3.63, 3.8) is 0 Å². The lowest BCUT2D eigenvalue weighted by Crippen LogP contribution is -2.52. The summed E-state index contributed by atoms with van der Waals surface area (Å²) in [5, 5.41) is 13.9. The van der Waals surface area contributed by atoms with Gasteiger partial charge in [-0.2, -0.15) is 15.2 Å². The van der Waals surface area contributed by atoms with E-state index in [0.29, 0.717) is 45.0 Å². The molecule has 0 amide bonds. The lowest BCUT2D eigenvalue weighted by molar-refractivity contribution is -0.0721. The fourth-order valence-corrected chi connectivity index (χ4v) is 8.60. The second-order valence-electron chi connectivity index (χ2n) is 13.2. The quantitative estimate of drug-likeness (QED) is 0.227. The van der Waals surface area contributed by atoms with Crippen molar-refractivity contribution in [1.82, 2.24) is 25.2 Å². The molecule has 0 unspecified atom stereocenters. The van der Waals surface area contributed by atoms with Gasteiger partial charge in [-0.05, 0) is 44.5 Å². The number of hydrogen-bond donors (Lipinski definition) is 2. The summed E-state index contributed by atoms with van der Waals surface area (Å²) in [4.78, 5) is 18.0. The number of halogens is 4. The molecule has 7 rings (SSSR count). The number of hydrogen-bond acceptors (Lipinski definition) is 11. The number of aromatic nitrogens is 3. The van der Waals surface area contributed by atoms with Gasteiger partial charge in [0, 0.05) is 54.0 Å². The van der Waals surface area contributed by atoms with Crippen LogP contribution in [0.2, 0.25) is 0 Å². The van der Waals surface area contributed by atoms with Crippen LogP contribution in [0, 0.1) is 34.3 Å². The SMILES string of the molecule is CCN1CC[C@H](C(F)F)[C@](C)(COc2nc(N3C[C@H]4CC[C@@H](C3)N4)c3c(OC)nc(-c4ccc(F)c5sc(N)c(C#N)c45)c(F)c3n2)C1. The van der Waals surface area contributed by atoms with Crippen molar-refractivity contribution in [2.24, 2.45) is 11.3 Å². The molecule has 10 nitrogen and oxygen atoms in total. The molecule has 3 fully saturated rings. The van der Waals surface area contributed by atoms with E-state index in [2.05, 4.69) is 20.2 Å². The molecule has 3 aliphatic rings. The molecule has 2 bridgehead atoms. The monoisotopic (exact) mass is 684 g/mol. The van der Waals surface area contributed by atoms with E-state index in [1.807, 2.05) is 17.9 Å². The van der Waals surface area contributed by atoms with Crippen molar-refractivity contribution in [3.8, 4) is 29.2 Å². The normalized spacial score (nSPS) is 24.5.